The fourth-order valence-corrected chi connectivity index (χ4v) is 1.37. The molecule has 0 heterocycles. The lowest BCUT2D eigenvalue weighted by Crippen LogP contribution is -2.16. The molecule has 0 radical (unpaired) electrons. The van der Waals surface area contributed by atoms with Gasteiger partial charge in [-0.3, -0.25) is 0 Å². The maximum Gasteiger partial charge on any atom is 0.130 e. The lowest BCUT2D eigenvalue weighted by Gasteiger charge is -2.04. The summed E-state index contributed by atoms with van der Waals surface area (Å²) in [4.78, 5) is 10.5. The molecule has 0 aliphatic rings. The van der Waals surface area contributed by atoms with E-state index in [9.17, 15) is 4.79 Å². The average Bonchev–Trinajstić information content (AvgIpc) is 2.16. The summed E-state index contributed by atoms with van der Waals surface area (Å²) in [5.74, 6) is 0.906. The van der Waals surface area contributed by atoms with Gasteiger partial charge in [-0.05, 0) is 25.7 Å². The maximum atomic E-state index is 10.5. The molecule has 2 nitrogen and oxygen atoms in total. The molecule has 1 atom stereocenters. The van der Waals surface area contributed by atoms with Crippen LogP contribution in [0, 0.1) is 5.92 Å². The van der Waals surface area contributed by atoms with Crippen molar-refractivity contribution in [3.05, 3.63) is 0 Å². The fraction of sp³-hybridized carbons (Fsp3) is 0.923. The molecule has 0 spiro atoms. The zero-order chi connectivity index (χ0) is 12.3. The third-order valence-electron chi connectivity index (χ3n) is 2.47. The predicted molar refractivity (Wildman–Crippen MR) is 67.9 cm³/mol. The quantitative estimate of drug-likeness (QED) is 0.736. The highest BCUT2D eigenvalue weighted by atomic mass is 16.1. The minimum Gasteiger partial charge on any atom is -0.328 e. The molecule has 2 N–H and O–H groups in total. The van der Waals surface area contributed by atoms with Gasteiger partial charge in [0.1, 0.15) is 5.78 Å². The maximum absolute atomic E-state index is 10.5. The zero-order valence-corrected chi connectivity index (χ0v) is 11.2. The Bertz CT molecular complexity index is 141. The van der Waals surface area contributed by atoms with E-state index in [4.69, 9.17) is 5.73 Å². The monoisotopic (exact) mass is 215 g/mol. The van der Waals surface area contributed by atoms with Crippen molar-refractivity contribution in [2.75, 3.05) is 0 Å². The van der Waals surface area contributed by atoms with Crippen molar-refractivity contribution in [1.29, 1.82) is 0 Å². The SMILES string of the molecule is CCC(N)CC.CCCC(C)CC(C)=O. The number of carbonyl (C=O) groups is 1. The molecular formula is C13H29NO. The second-order valence-corrected chi connectivity index (χ2v) is 4.38. The normalized spacial score (nSPS) is 11.9. The van der Waals surface area contributed by atoms with Crippen LogP contribution in [0.1, 0.15) is 66.7 Å². The fourth-order valence-electron chi connectivity index (χ4n) is 1.37. The van der Waals surface area contributed by atoms with Gasteiger partial charge in [-0.1, -0.05) is 40.5 Å². The molecule has 0 aromatic carbocycles. The summed E-state index contributed by atoms with van der Waals surface area (Å²) in [6.07, 6.45) is 5.34. The Balaban J connectivity index is 0. The van der Waals surface area contributed by atoms with Crippen LogP contribution in [0.5, 0.6) is 0 Å². The first-order valence-corrected chi connectivity index (χ1v) is 6.22. The first-order valence-electron chi connectivity index (χ1n) is 6.22. The molecule has 0 aliphatic heterocycles. The predicted octanol–water partition coefficient (Wildman–Crippen LogP) is 3.54. The standard InChI is InChI=1S/C8H16O.C5H13N/c1-4-5-7(2)6-8(3)9;1-3-5(6)4-2/h7H,4-6H2,1-3H3;5H,3-4,6H2,1-2H3. The molecule has 2 heteroatoms. The molecule has 0 aromatic heterocycles. The minimum atomic E-state index is 0.316. The molecule has 0 saturated heterocycles. The van der Waals surface area contributed by atoms with Crippen LogP contribution in [0.4, 0.5) is 0 Å². The van der Waals surface area contributed by atoms with Gasteiger partial charge in [0.05, 0.1) is 0 Å². The van der Waals surface area contributed by atoms with Crippen molar-refractivity contribution in [3.8, 4) is 0 Å². The number of hydrogen-bond acceptors (Lipinski definition) is 2. The number of hydrogen-bond donors (Lipinski definition) is 1. The van der Waals surface area contributed by atoms with Crippen molar-refractivity contribution < 1.29 is 4.79 Å². The highest BCUT2D eigenvalue weighted by Gasteiger charge is 2.02. The highest BCUT2D eigenvalue weighted by molar-refractivity contribution is 5.75. The first-order chi connectivity index (χ1) is 6.97. The van der Waals surface area contributed by atoms with E-state index in [1.807, 2.05) is 0 Å². The van der Waals surface area contributed by atoms with Crippen LogP contribution in [0.2, 0.25) is 0 Å². The Morgan fingerprint density at radius 2 is 1.67 bits per heavy atom. The second-order valence-electron chi connectivity index (χ2n) is 4.38. The first kappa shape index (κ1) is 17.0. The van der Waals surface area contributed by atoms with Crippen molar-refractivity contribution in [2.24, 2.45) is 11.7 Å². The van der Waals surface area contributed by atoms with Gasteiger partial charge in [-0.15, -0.1) is 0 Å². The van der Waals surface area contributed by atoms with Crippen LogP contribution in [0.3, 0.4) is 0 Å². The molecule has 15 heavy (non-hydrogen) atoms. The van der Waals surface area contributed by atoms with Crippen molar-refractivity contribution in [3.63, 3.8) is 0 Å². The van der Waals surface area contributed by atoms with Crippen LogP contribution < -0.4 is 5.73 Å². The molecular weight excluding hydrogens is 186 g/mol. The molecule has 92 valence electrons. The van der Waals surface area contributed by atoms with Crippen molar-refractivity contribution >= 4 is 5.78 Å². The van der Waals surface area contributed by atoms with Crippen LogP contribution in [-0.2, 0) is 4.79 Å². The molecule has 0 aromatic rings. The van der Waals surface area contributed by atoms with E-state index in [0.29, 0.717) is 17.7 Å². The largest absolute Gasteiger partial charge is 0.328 e. The molecule has 1 unspecified atom stereocenters. The van der Waals surface area contributed by atoms with Crippen LogP contribution in [0.15, 0.2) is 0 Å². The van der Waals surface area contributed by atoms with Crippen LogP contribution in [0.25, 0.3) is 0 Å². The Kier molecular flexibility index (Phi) is 13.3. The summed E-state index contributed by atoms with van der Waals surface area (Å²) in [6, 6.07) is 0.435. The Morgan fingerprint density at radius 3 is 1.87 bits per heavy atom. The molecule has 0 rings (SSSR count). The molecule has 0 fully saturated rings. The van der Waals surface area contributed by atoms with E-state index in [1.165, 1.54) is 12.8 Å². The Hall–Kier alpha value is -0.370. The van der Waals surface area contributed by atoms with E-state index < -0.39 is 0 Å². The summed E-state index contributed by atoms with van der Waals surface area (Å²) in [7, 11) is 0. The van der Waals surface area contributed by atoms with E-state index in [0.717, 1.165) is 19.3 Å². The van der Waals surface area contributed by atoms with E-state index in [2.05, 4.69) is 27.7 Å². The second kappa shape index (κ2) is 11.7. The number of nitrogens with two attached hydrogens (primary N) is 1. The van der Waals surface area contributed by atoms with Crippen molar-refractivity contribution in [2.45, 2.75) is 72.8 Å². The molecule has 0 amide bonds. The van der Waals surface area contributed by atoms with Gasteiger partial charge in [0.25, 0.3) is 0 Å². The van der Waals surface area contributed by atoms with E-state index in [1.54, 1.807) is 6.92 Å². The average molecular weight is 215 g/mol. The summed E-state index contributed by atoms with van der Waals surface area (Å²) in [5.41, 5.74) is 5.47. The topological polar surface area (TPSA) is 43.1 Å². The van der Waals surface area contributed by atoms with Gasteiger partial charge in [-0.2, -0.15) is 0 Å². The summed E-state index contributed by atoms with van der Waals surface area (Å²) in [5, 5.41) is 0. The number of ketones is 1. The van der Waals surface area contributed by atoms with Gasteiger partial charge in [0, 0.05) is 12.5 Å². The third-order valence-corrected chi connectivity index (χ3v) is 2.47. The van der Waals surface area contributed by atoms with Crippen LogP contribution in [-0.4, -0.2) is 11.8 Å². The van der Waals surface area contributed by atoms with Gasteiger partial charge in [0.2, 0.25) is 0 Å². The molecule has 0 bridgehead atoms. The Labute approximate surface area is 95.6 Å². The van der Waals surface area contributed by atoms with Gasteiger partial charge in [-0.25, -0.2) is 0 Å². The minimum absolute atomic E-state index is 0.316. The Morgan fingerprint density at radius 1 is 1.20 bits per heavy atom. The number of rotatable bonds is 6. The summed E-state index contributed by atoms with van der Waals surface area (Å²) < 4.78 is 0. The summed E-state index contributed by atoms with van der Waals surface area (Å²) in [6.45, 7) is 10.1. The number of carbonyl (C=O) groups excluding carboxylic acids is 1. The smallest absolute Gasteiger partial charge is 0.130 e. The van der Waals surface area contributed by atoms with Crippen LogP contribution >= 0.6 is 0 Å². The highest BCUT2D eigenvalue weighted by Crippen LogP contribution is 2.09. The van der Waals surface area contributed by atoms with Gasteiger partial charge < -0.3 is 10.5 Å². The van der Waals surface area contributed by atoms with Gasteiger partial charge in [0.15, 0.2) is 0 Å². The van der Waals surface area contributed by atoms with Crippen molar-refractivity contribution in [1.82, 2.24) is 0 Å². The van der Waals surface area contributed by atoms with Gasteiger partial charge >= 0.3 is 0 Å². The zero-order valence-electron chi connectivity index (χ0n) is 11.2. The lowest BCUT2D eigenvalue weighted by atomic mass is 10.0. The molecule has 0 aliphatic carbocycles. The van der Waals surface area contributed by atoms with E-state index in [-0.39, 0.29) is 0 Å². The van der Waals surface area contributed by atoms with E-state index >= 15 is 0 Å². The lowest BCUT2D eigenvalue weighted by molar-refractivity contribution is -0.117. The third kappa shape index (κ3) is 16.3. The summed E-state index contributed by atoms with van der Waals surface area (Å²) >= 11 is 0. The molecule has 0 saturated carbocycles. The number of Topliss-reactive ketones (excluding diaryl/α,β-unsaturated/α-hetero) is 1.